The van der Waals surface area contributed by atoms with Gasteiger partial charge in [0.25, 0.3) is 5.91 Å². The van der Waals surface area contributed by atoms with Gasteiger partial charge in [-0.3, -0.25) is 14.6 Å². The van der Waals surface area contributed by atoms with Gasteiger partial charge in [-0.15, -0.1) is 0 Å². The number of piperidine rings is 1. The molecule has 0 aliphatic carbocycles. The lowest BCUT2D eigenvalue weighted by atomic mass is 9.97. The summed E-state index contributed by atoms with van der Waals surface area (Å²) >= 11 is 0. The summed E-state index contributed by atoms with van der Waals surface area (Å²) in [4.78, 5) is 32.7. The van der Waals surface area contributed by atoms with Crippen molar-refractivity contribution in [3.63, 3.8) is 0 Å². The van der Waals surface area contributed by atoms with Crippen molar-refractivity contribution in [2.24, 2.45) is 11.7 Å². The van der Waals surface area contributed by atoms with Gasteiger partial charge in [-0.25, -0.2) is 0 Å². The highest BCUT2D eigenvalue weighted by atomic mass is 16.2. The smallest absolute Gasteiger partial charge is 0.272 e. The first-order valence-electron chi connectivity index (χ1n) is 9.42. The van der Waals surface area contributed by atoms with E-state index < -0.39 is 0 Å². The van der Waals surface area contributed by atoms with Gasteiger partial charge in [0.05, 0.1) is 5.92 Å². The van der Waals surface area contributed by atoms with Crippen LogP contribution in [0.4, 0.5) is 5.69 Å². The maximum absolute atomic E-state index is 13.0. The van der Waals surface area contributed by atoms with E-state index in [9.17, 15) is 9.59 Å². The highest BCUT2D eigenvalue weighted by Crippen LogP contribution is 2.23. The minimum absolute atomic E-state index is 0.0911. The van der Waals surface area contributed by atoms with E-state index in [-0.39, 0.29) is 17.7 Å². The third-order valence-electron chi connectivity index (χ3n) is 5.04. The SMILES string of the molecule is CCN(Cc1ccccc1)C(=O)c1cc(N2CCCC(C(N)=O)C2)ccn1. The third kappa shape index (κ3) is 4.64. The van der Waals surface area contributed by atoms with Crippen LogP contribution in [-0.4, -0.2) is 41.3 Å². The van der Waals surface area contributed by atoms with Crippen LogP contribution in [-0.2, 0) is 11.3 Å². The maximum atomic E-state index is 13.0. The molecule has 1 aromatic carbocycles. The molecule has 27 heavy (non-hydrogen) atoms. The third-order valence-corrected chi connectivity index (χ3v) is 5.04. The summed E-state index contributed by atoms with van der Waals surface area (Å²) in [6.45, 7) is 4.56. The molecule has 2 N–H and O–H groups in total. The second kappa shape index (κ2) is 8.66. The van der Waals surface area contributed by atoms with E-state index in [2.05, 4.69) is 9.88 Å². The molecule has 0 bridgehead atoms. The van der Waals surface area contributed by atoms with Crippen molar-refractivity contribution in [2.45, 2.75) is 26.3 Å². The first-order valence-corrected chi connectivity index (χ1v) is 9.42. The predicted molar refractivity (Wildman–Crippen MR) is 105 cm³/mol. The lowest BCUT2D eigenvalue weighted by Gasteiger charge is -2.33. The molecule has 6 nitrogen and oxygen atoms in total. The number of carbonyl (C=O) groups is 2. The van der Waals surface area contributed by atoms with Gasteiger partial charge in [0, 0.05) is 38.1 Å². The molecule has 0 radical (unpaired) electrons. The zero-order chi connectivity index (χ0) is 19.2. The molecule has 1 aromatic heterocycles. The van der Waals surface area contributed by atoms with Crippen molar-refractivity contribution in [1.29, 1.82) is 0 Å². The standard InChI is InChI=1S/C21H26N4O2/c1-2-24(14-16-7-4-3-5-8-16)21(27)19-13-18(10-11-23-19)25-12-6-9-17(15-25)20(22)26/h3-5,7-8,10-11,13,17H,2,6,9,12,14-15H2,1H3,(H2,22,26). The molecule has 2 aromatic rings. The lowest BCUT2D eigenvalue weighted by molar-refractivity contribution is -0.122. The van der Waals surface area contributed by atoms with Crippen LogP contribution in [0.25, 0.3) is 0 Å². The first kappa shape index (κ1) is 18.9. The molecule has 1 fully saturated rings. The number of aromatic nitrogens is 1. The van der Waals surface area contributed by atoms with Crippen molar-refractivity contribution in [3.8, 4) is 0 Å². The zero-order valence-electron chi connectivity index (χ0n) is 15.7. The summed E-state index contributed by atoms with van der Waals surface area (Å²) in [7, 11) is 0. The van der Waals surface area contributed by atoms with Crippen molar-refractivity contribution >= 4 is 17.5 Å². The second-order valence-corrected chi connectivity index (χ2v) is 6.89. The number of carbonyl (C=O) groups excluding carboxylic acids is 2. The molecule has 1 unspecified atom stereocenters. The predicted octanol–water partition coefficient (Wildman–Crippen LogP) is 2.45. The minimum atomic E-state index is -0.259. The van der Waals surface area contributed by atoms with Crippen LogP contribution in [0.15, 0.2) is 48.7 Å². The van der Waals surface area contributed by atoms with Crippen molar-refractivity contribution in [2.75, 3.05) is 24.5 Å². The molecule has 1 aliphatic rings. The molecule has 3 rings (SSSR count). The van der Waals surface area contributed by atoms with E-state index in [1.54, 1.807) is 11.1 Å². The number of pyridine rings is 1. The van der Waals surface area contributed by atoms with Crippen LogP contribution in [0.1, 0.15) is 35.8 Å². The number of hydrogen-bond acceptors (Lipinski definition) is 4. The van der Waals surface area contributed by atoms with E-state index in [1.807, 2.05) is 49.4 Å². The molecule has 1 aliphatic heterocycles. The molecular formula is C21H26N4O2. The number of rotatable bonds is 6. The minimum Gasteiger partial charge on any atom is -0.371 e. The second-order valence-electron chi connectivity index (χ2n) is 6.89. The Morgan fingerprint density at radius 2 is 2.04 bits per heavy atom. The normalized spacial score (nSPS) is 16.8. The molecule has 6 heteroatoms. The molecule has 2 heterocycles. The monoisotopic (exact) mass is 366 g/mol. The highest BCUT2D eigenvalue weighted by molar-refractivity contribution is 5.93. The topological polar surface area (TPSA) is 79.5 Å². The summed E-state index contributed by atoms with van der Waals surface area (Å²) < 4.78 is 0. The van der Waals surface area contributed by atoms with Crippen LogP contribution in [0.3, 0.4) is 0 Å². The van der Waals surface area contributed by atoms with Crippen molar-refractivity contribution in [3.05, 3.63) is 59.9 Å². The Labute approximate surface area is 160 Å². The quantitative estimate of drug-likeness (QED) is 0.852. The Morgan fingerprint density at radius 3 is 2.74 bits per heavy atom. The Balaban J connectivity index is 1.75. The molecular weight excluding hydrogens is 340 g/mol. The summed E-state index contributed by atoms with van der Waals surface area (Å²) in [5, 5.41) is 0. The number of anilines is 1. The lowest BCUT2D eigenvalue weighted by Crippen LogP contribution is -2.41. The van der Waals surface area contributed by atoms with Crippen molar-refractivity contribution < 1.29 is 9.59 Å². The fourth-order valence-corrected chi connectivity index (χ4v) is 3.47. The van der Waals surface area contributed by atoms with E-state index in [0.717, 1.165) is 30.6 Å². The van der Waals surface area contributed by atoms with E-state index >= 15 is 0 Å². The summed E-state index contributed by atoms with van der Waals surface area (Å²) in [6.07, 6.45) is 3.39. The number of nitrogens with zero attached hydrogens (tertiary/aromatic N) is 3. The summed E-state index contributed by atoms with van der Waals surface area (Å²) in [5.74, 6) is -0.493. The number of nitrogens with two attached hydrogens (primary N) is 1. The average Bonchev–Trinajstić information content (AvgIpc) is 2.72. The van der Waals surface area contributed by atoms with Crippen LogP contribution in [0, 0.1) is 5.92 Å². The summed E-state index contributed by atoms with van der Waals surface area (Å²) in [5.41, 5.74) is 7.90. The Kier molecular flexibility index (Phi) is 6.06. The van der Waals surface area contributed by atoms with Gasteiger partial charge >= 0.3 is 0 Å². The van der Waals surface area contributed by atoms with Gasteiger partial charge < -0.3 is 15.5 Å². The fourth-order valence-electron chi connectivity index (χ4n) is 3.47. The molecule has 0 saturated carbocycles. The Hall–Kier alpha value is -2.89. The van der Waals surface area contributed by atoms with Crippen molar-refractivity contribution in [1.82, 2.24) is 9.88 Å². The van der Waals surface area contributed by atoms with Gasteiger partial charge in [-0.05, 0) is 37.5 Å². The fraction of sp³-hybridized carbons (Fsp3) is 0.381. The van der Waals surface area contributed by atoms with Crippen LogP contribution >= 0.6 is 0 Å². The molecule has 2 amide bonds. The molecule has 1 atom stereocenters. The van der Waals surface area contributed by atoms with Crippen LogP contribution < -0.4 is 10.6 Å². The van der Waals surface area contributed by atoms with Gasteiger partial charge in [0.15, 0.2) is 0 Å². The number of benzene rings is 1. The van der Waals surface area contributed by atoms with Gasteiger partial charge in [0.2, 0.25) is 5.91 Å². The maximum Gasteiger partial charge on any atom is 0.272 e. The van der Waals surface area contributed by atoms with Gasteiger partial charge in [0.1, 0.15) is 5.69 Å². The average molecular weight is 366 g/mol. The molecule has 0 spiro atoms. The number of hydrogen-bond donors (Lipinski definition) is 1. The van der Waals surface area contributed by atoms with E-state index in [1.165, 1.54) is 0 Å². The number of primary amides is 1. The largest absolute Gasteiger partial charge is 0.371 e. The molecule has 142 valence electrons. The zero-order valence-corrected chi connectivity index (χ0v) is 15.7. The molecule has 1 saturated heterocycles. The van der Waals surface area contributed by atoms with Crippen LogP contribution in [0.2, 0.25) is 0 Å². The van der Waals surface area contributed by atoms with Gasteiger partial charge in [-0.2, -0.15) is 0 Å². The Morgan fingerprint density at radius 1 is 1.26 bits per heavy atom. The number of amides is 2. The van der Waals surface area contributed by atoms with E-state index in [4.69, 9.17) is 5.73 Å². The van der Waals surface area contributed by atoms with Crippen LogP contribution in [0.5, 0.6) is 0 Å². The summed E-state index contributed by atoms with van der Waals surface area (Å²) in [6, 6.07) is 13.6. The van der Waals surface area contributed by atoms with Gasteiger partial charge in [-0.1, -0.05) is 30.3 Å². The Bertz CT molecular complexity index is 794. The first-order chi connectivity index (χ1) is 13.1. The van der Waals surface area contributed by atoms with E-state index in [0.29, 0.717) is 25.3 Å². The highest BCUT2D eigenvalue weighted by Gasteiger charge is 2.25.